The number of nitrogens with zero attached hydrogens (tertiary/aromatic N) is 3. The molecule has 0 saturated carbocycles. The maximum Gasteiger partial charge on any atom is 0.262 e. The number of hydrogen-bond donors (Lipinski definition) is 1. The van der Waals surface area contributed by atoms with Gasteiger partial charge >= 0.3 is 0 Å². The van der Waals surface area contributed by atoms with E-state index in [2.05, 4.69) is 22.6 Å². The van der Waals surface area contributed by atoms with Crippen LogP contribution in [0.5, 0.6) is 0 Å². The lowest BCUT2D eigenvalue weighted by atomic mass is 9.99. The van der Waals surface area contributed by atoms with Crippen LogP contribution in [0.2, 0.25) is 0 Å². The molecule has 7 nitrogen and oxygen atoms in total. The molecule has 2 aromatic rings. The molecule has 1 aliphatic heterocycles. The number of morpholine rings is 1. The average molecular weight is 421 g/mol. The van der Waals surface area contributed by atoms with E-state index in [4.69, 9.17) is 9.72 Å². The Bertz CT molecular complexity index is 975. The SMILES string of the molecule is CC[C@@H](N[S@](=O)C(C)(C)C)c1cc(C)cc2c(=O)n(C)c(N3CCOCC3)nc12. The van der Waals surface area contributed by atoms with Crippen LogP contribution in [0.1, 0.15) is 51.3 Å². The largest absolute Gasteiger partial charge is 0.378 e. The van der Waals surface area contributed by atoms with Gasteiger partial charge in [0.15, 0.2) is 0 Å². The van der Waals surface area contributed by atoms with Crippen molar-refractivity contribution < 1.29 is 8.95 Å². The molecule has 29 heavy (non-hydrogen) atoms. The van der Waals surface area contributed by atoms with Gasteiger partial charge in [-0.2, -0.15) is 0 Å². The van der Waals surface area contributed by atoms with E-state index in [1.165, 1.54) is 0 Å². The molecule has 2 atom stereocenters. The van der Waals surface area contributed by atoms with E-state index in [1.807, 2.05) is 33.8 Å². The maximum atomic E-state index is 13.2. The lowest BCUT2D eigenvalue weighted by Gasteiger charge is -2.30. The molecule has 0 radical (unpaired) electrons. The van der Waals surface area contributed by atoms with Crippen LogP contribution in [-0.2, 0) is 22.8 Å². The summed E-state index contributed by atoms with van der Waals surface area (Å²) in [6.45, 7) is 12.5. The van der Waals surface area contributed by atoms with Crippen molar-refractivity contribution in [2.24, 2.45) is 7.05 Å². The van der Waals surface area contributed by atoms with Crippen molar-refractivity contribution >= 4 is 27.8 Å². The van der Waals surface area contributed by atoms with Crippen molar-refractivity contribution in [2.75, 3.05) is 31.2 Å². The quantitative estimate of drug-likeness (QED) is 0.805. The zero-order valence-corrected chi connectivity index (χ0v) is 19.1. The van der Waals surface area contributed by atoms with Crippen LogP contribution >= 0.6 is 0 Å². The summed E-state index contributed by atoms with van der Waals surface area (Å²) >= 11 is 0. The first-order chi connectivity index (χ1) is 13.6. The van der Waals surface area contributed by atoms with Crippen LogP contribution in [0.3, 0.4) is 0 Å². The molecule has 0 aliphatic carbocycles. The molecule has 1 N–H and O–H groups in total. The maximum absolute atomic E-state index is 13.2. The first kappa shape index (κ1) is 21.9. The van der Waals surface area contributed by atoms with Crippen LogP contribution < -0.4 is 15.2 Å². The highest BCUT2D eigenvalue weighted by Gasteiger charge is 2.26. The van der Waals surface area contributed by atoms with Crippen LogP contribution in [0, 0.1) is 6.92 Å². The van der Waals surface area contributed by atoms with Crippen LogP contribution in [0.25, 0.3) is 10.9 Å². The fourth-order valence-electron chi connectivity index (χ4n) is 3.53. The van der Waals surface area contributed by atoms with Crippen LogP contribution in [0.15, 0.2) is 16.9 Å². The molecule has 1 saturated heterocycles. The number of rotatable bonds is 5. The fraction of sp³-hybridized carbons (Fsp3) is 0.619. The molecule has 0 amide bonds. The van der Waals surface area contributed by atoms with Crippen molar-refractivity contribution in [2.45, 2.75) is 51.8 Å². The number of hydrogen-bond acceptors (Lipinski definition) is 5. The van der Waals surface area contributed by atoms with E-state index in [0.717, 1.165) is 17.5 Å². The highest BCUT2D eigenvalue weighted by Crippen LogP contribution is 2.28. The second-order valence-electron chi connectivity index (χ2n) is 8.59. The van der Waals surface area contributed by atoms with Crippen LogP contribution in [0.4, 0.5) is 5.95 Å². The molecule has 1 aromatic carbocycles. The number of benzene rings is 1. The van der Waals surface area contributed by atoms with E-state index in [9.17, 15) is 9.00 Å². The standard InChI is InChI=1S/C21H32N4O3S/c1-7-17(23-29(27)21(3,4)5)15-12-14(2)13-16-18(15)22-20(24(6)19(16)26)25-8-10-28-11-9-25/h12-13,17,23H,7-11H2,1-6H3/t17-,29-/m1/s1. The smallest absolute Gasteiger partial charge is 0.262 e. The molecule has 3 rings (SSSR count). The van der Waals surface area contributed by atoms with E-state index in [1.54, 1.807) is 11.6 Å². The van der Waals surface area contributed by atoms with Crippen molar-refractivity contribution in [3.05, 3.63) is 33.6 Å². The van der Waals surface area contributed by atoms with Gasteiger partial charge in [-0.25, -0.2) is 13.9 Å². The molecule has 2 heterocycles. The molecule has 0 bridgehead atoms. The molecule has 0 spiro atoms. The van der Waals surface area contributed by atoms with Gasteiger partial charge in [0.05, 0.1) is 39.8 Å². The first-order valence-corrected chi connectivity index (χ1v) is 11.3. The number of aromatic nitrogens is 2. The van der Waals surface area contributed by atoms with Gasteiger partial charge in [0.25, 0.3) is 5.56 Å². The predicted molar refractivity (Wildman–Crippen MR) is 119 cm³/mol. The van der Waals surface area contributed by atoms with Gasteiger partial charge in [-0.05, 0) is 51.3 Å². The number of ether oxygens (including phenoxy) is 1. The van der Waals surface area contributed by atoms with E-state index in [0.29, 0.717) is 43.2 Å². The van der Waals surface area contributed by atoms with Crippen molar-refractivity contribution in [3.63, 3.8) is 0 Å². The lowest BCUT2D eigenvalue weighted by Crippen LogP contribution is -2.40. The Morgan fingerprint density at radius 1 is 1.28 bits per heavy atom. The molecular weight excluding hydrogens is 388 g/mol. The molecule has 8 heteroatoms. The predicted octanol–water partition coefficient (Wildman–Crippen LogP) is 2.58. The highest BCUT2D eigenvalue weighted by atomic mass is 32.2. The molecular formula is C21H32N4O3S. The summed E-state index contributed by atoms with van der Waals surface area (Å²) in [6, 6.07) is 3.79. The van der Waals surface area contributed by atoms with E-state index < -0.39 is 11.0 Å². The van der Waals surface area contributed by atoms with E-state index >= 15 is 0 Å². The fourth-order valence-corrected chi connectivity index (χ4v) is 4.43. The average Bonchev–Trinajstić information content (AvgIpc) is 2.68. The molecule has 1 aromatic heterocycles. The lowest BCUT2D eigenvalue weighted by molar-refractivity contribution is 0.121. The Labute approximate surface area is 175 Å². The summed E-state index contributed by atoms with van der Waals surface area (Å²) < 4.78 is 22.7. The molecule has 0 unspecified atom stereocenters. The minimum absolute atomic E-state index is 0.0618. The van der Waals surface area contributed by atoms with Gasteiger partial charge in [0, 0.05) is 26.2 Å². The van der Waals surface area contributed by atoms with Gasteiger partial charge in [-0.3, -0.25) is 9.36 Å². The van der Waals surface area contributed by atoms with Gasteiger partial charge in [0.1, 0.15) is 0 Å². The van der Waals surface area contributed by atoms with Gasteiger partial charge in [-0.15, -0.1) is 0 Å². The normalized spacial score (nSPS) is 17.5. The third-order valence-corrected chi connectivity index (χ3v) is 6.82. The summed E-state index contributed by atoms with van der Waals surface area (Å²) in [5.41, 5.74) is 2.54. The van der Waals surface area contributed by atoms with Crippen molar-refractivity contribution in [3.8, 4) is 0 Å². The third kappa shape index (κ3) is 4.54. The Kier molecular flexibility index (Phi) is 6.45. The summed E-state index contributed by atoms with van der Waals surface area (Å²) in [4.78, 5) is 20.2. The first-order valence-electron chi connectivity index (χ1n) is 10.2. The molecule has 1 fully saturated rings. The Balaban J connectivity index is 2.16. The van der Waals surface area contributed by atoms with Crippen LogP contribution in [-0.4, -0.2) is 44.8 Å². The number of anilines is 1. The van der Waals surface area contributed by atoms with Gasteiger partial charge < -0.3 is 9.64 Å². The second-order valence-corrected chi connectivity index (χ2v) is 10.6. The Hall–Kier alpha value is -1.77. The van der Waals surface area contributed by atoms with Gasteiger partial charge in [0.2, 0.25) is 5.95 Å². The molecule has 1 aliphatic rings. The Morgan fingerprint density at radius 2 is 1.93 bits per heavy atom. The topological polar surface area (TPSA) is 76.5 Å². The van der Waals surface area contributed by atoms with Crippen molar-refractivity contribution in [1.82, 2.24) is 14.3 Å². The zero-order chi connectivity index (χ0) is 21.3. The number of fused-ring (bicyclic) bond motifs is 1. The second kappa shape index (κ2) is 8.53. The number of aryl methyl sites for hydroxylation is 1. The minimum atomic E-state index is -1.22. The minimum Gasteiger partial charge on any atom is -0.378 e. The van der Waals surface area contributed by atoms with E-state index in [-0.39, 0.29) is 16.3 Å². The highest BCUT2D eigenvalue weighted by molar-refractivity contribution is 7.84. The summed E-state index contributed by atoms with van der Waals surface area (Å²) in [5.74, 6) is 0.655. The summed E-state index contributed by atoms with van der Waals surface area (Å²) in [5, 5.41) is 0.598. The monoisotopic (exact) mass is 420 g/mol. The third-order valence-electron chi connectivity index (χ3n) is 5.21. The van der Waals surface area contributed by atoms with Gasteiger partial charge in [-0.1, -0.05) is 13.0 Å². The van der Waals surface area contributed by atoms with Crippen molar-refractivity contribution in [1.29, 1.82) is 0 Å². The number of nitrogens with one attached hydrogen (secondary N) is 1. The Morgan fingerprint density at radius 3 is 2.52 bits per heavy atom. The summed E-state index contributed by atoms with van der Waals surface area (Å²) in [6.07, 6.45) is 0.740. The zero-order valence-electron chi connectivity index (χ0n) is 18.2. The molecule has 160 valence electrons. The summed E-state index contributed by atoms with van der Waals surface area (Å²) in [7, 11) is 0.545.